The van der Waals surface area contributed by atoms with Gasteiger partial charge in [0.15, 0.2) is 0 Å². The van der Waals surface area contributed by atoms with E-state index in [0.717, 1.165) is 24.9 Å². The lowest BCUT2D eigenvalue weighted by molar-refractivity contribution is 0.0390. The maximum atomic E-state index is 13.4. The summed E-state index contributed by atoms with van der Waals surface area (Å²) in [4.78, 5) is 42.7. The van der Waals surface area contributed by atoms with E-state index < -0.39 is 0 Å². The summed E-state index contributed by atoms with van der Waals surface area (Å²) in [7, 11) is 0. The Hall–Kier alpha value is -2.95. The molecular formula is C25H26N2O3. The lowest BCUT2D eigenvalue weighted by atomic mass is 9.78. The van der Waals surface area contributed by atoms with Gasteiger partial charge < -0.3 is 4.90 Å². The van der Waals surface area contributed by atoms with E-state index >= 15 is 0 Å². The summed E-state index contributed by atoms with van der Waals surface area (Å²) in [5.74, 6) is -0.0867. The Balaban J connectivity index is 1.46. The summed E-state index contributed by atoms with van der Waals surface area (Å²) in [6, 6.07) is 12.6. The van der Waals surface area contributed by atoms with Gasteiger partial charge in [0, 0.05) is 18.2 Å². The number of rotatable bonds is 2. The number of hydrogen-bond acceptors (Lipinski definition) is 3. The van der Waals surface area contributed by atoms with E-state index in [1.54, 1.807) is 24.3 Å². The van der Waals surface area contributed by atoms with E-state index in [9.17, 15) is 14.4 Å². The van der Waals surface area contributed by atoms with E-state index in [2.05, 4.69) is 0 Å². The lowest BCUT2D eigenvalue weighted by Gasteiger charge is -2.44. The maximum Gasteiger partial charge on any atom is 0.266 e. The molecule has 154 valence electrons. The molecule has 2 aliphatic heterocycles. The molecule has 2 fully saturated rings. The fourth-order valence-electron chi connectivity index (χ4n) is 5.45. The normalized spacial score (nSPS) is 23.4. The number of benzene rings is 2. The largest absolute Gasteiger partial charge is 0.335 e. The van der Waals surface area contributed by atoms with Gasteiger partial charge in [0.2, 0.25) is 0 Å². The highest BCUT2D eigenvalue weighted by atomic mass is 16.2. The van der Waals surface area contributed by atoms with Crippen LogP contribution in [0.4, 0.5) is 5.69 Å². The number of amides is 3. The Morgan fingerprint density at radius 2 is 1.63 bits per heavy atom. The topological polar surface area (TPSA) is 57.7 Å². The Labute approximate surface area is 176 Å². The molecule has 3 amide bonds. The summed E-state index contributed by atoms with van der Waals surface area (Å²) in [6.07, 6.45) is 6.95. The van der Waals surface area contributed by atoms with Crippen LogP contribution in [0.25, 0.3) is 0 Å². The molecule has 0 N–H and O–H groups in total. The molecule has 5 nitrogen and oxygen atoms in total. The standard InChI is InChI=1S/C25H26N2O3/c1-16-7-2-4-10-21(16)27-24(29)19-13-12-18(15-20(19)25(27)30)23(28)26-14-6-9-17-8-3-5-11-22(17)26/h2,4,7,10,12-13,15,17,22H,3,5-6,8-9,11,14H2,1H3/t17-,22-/m1/s1. The molecule has 1 saturated carbocycles. The Morgan fingerprint density at radius 1 is 0.900 bits per heavy atom. The lowest BCUT2D eigenvalue weighted by Crippen LogP contribution is -2.49. The summed E-state index contributed by atoms with van der Waals surface area (Å²) in [5, 5.41) is 0. The quantitative estimate of drug-likeness (QED) is 0.691. The van der Waals surface area contributed by atoms with Crippen molar-refractivity contribution in [3.05, 3.63) is 64.7 Å². The van der Waals surface area contributed by atoms with Crippen LogP contribution in [0.2, 0.25) is 0 Å². The first kappa shape index (κ1) is 19.0. The van der Waals surface area contributed by atoms with E-state index in [1.807, 2.05) is 30.0 Å². The highest BCUT2D eigenvalue weighted by molar-refractivity contribution is 6.35. The van der Waals surface area contributed by atoms with Gasteiger partial charge in [-0.05, 0) is 68.4 Å². The third-order valence-corrected chi connectivity index (χ3v) is 6.99. The fraction of sp³-hybridized carbons (Fsp3) is 0.400. The second-order valence-electron chi connectivity index (χ2n) is 8.75. The van der Waals surface area contributed by atoms with Crippen molar-refractivity contribution in [3.63, 3.8) is 0 Å². The third-order valence-electron chi connectivity index (χ3n) is 6.99. The molecule has 5 heteroatoms. The average molecular weight is 402 g/mol. The molecule has 1 aliphatic carbocycles. The number of carbonyl (C=O) groups is 3. The van der Waals surface area contributed by atoms with Gasteiger partial charge in [0.25, 0.3) is 17.7 Å². The van der Waals surface area contributed by atoms with E-state index in [4.69, 9.17) is 0 Å². The number of likely N-dealkylation sites (tertiary alicyclic amines) is 1. The third kappa shape index (κ3) is 2.95. The number of nitrogens with zero attached hydrogens (tertiary/aromatic N) is 2. The zero-order valence-corrected chi connectivity index (χ0v) is 17.3. The summed E-state index contributed by atoms with van der Waals surface area (Å²) < 4.78 is 0. The van der Waals surface area contributed by atoms with Crippen LogP contribution in [0.15, 0.2) is 42.5 Å². The number of piperidine rings is 1. The number of fused-ring (bicyclic) bond motifs is 2. The predicted octanol–water partition coefficient (Wildman–Crippen LogP) is 4.59. The van der Waals surface area contributed by atoms with Crippen LogP contribution in [0, 0.1) is 12.8 Å². The maximum absolute atomic E-state index is 13.4. The zero-order chi connectivity index (χ0) is 20.8. The minimum atomic E-state index is -0.354. The number of carbonyl (C=O) groups excluding carboxylic acids is 3. The zero-order valence-electron chi connectivity index (χ0n) is 17.3. The Bertz CT molecular complexity index is 1040. The molecule has 2 heterocycles. The Morgan fingerprint density at radius 3 is 2.47 bits per heavy atom. The highest BCUT2D eigenvalue weighted by Crippen LogP contribution is 2.37. The molecule has 5 rings (SSSR count). The van der Waals surface area contributed by atoms with Crippen LogP contribution in [0.5, 0.6) is 0 Å². The van der Waals surface area contributed by atoms with Crippen LogP contribution in [-0.2, 0) is 0 Å². The smallest absolute Gasteiger partial charge is 0.266 e. The van der Waals surface area contributed by atoms with Gasteiger partial charge in [-0.25, -0.2) is 4.90 Å². The molecular weight excluding hydrogens is 376 g/mol. The molecule has 0 spiro atoms. The van der Waals surface area contributed by atoms with Crippen molar-refractivity contribution in [2.75, 3.05) is 11.4 Å². The van der Waals surface area contributed by atoms with E-state index in [1.165, 1.54) is 30.6 Å². The Kier molecular flexibility index (Phi) is 4.69. The average Bonchev–Trinajstić information content (AvgIpc) is 3.03. The van der Waals surface area contributed by atoms with Crippen molar-refractivity contribution in [1.82, 2.24) is 4.90 Å². The van der Waals surface area contributed by atoms with Crippen LogP contribution >= 0.6 is 0 Å². The summed E-state index contributed by atoms with van der Waals surface area (Å²) in [6.45, 7) is 2.66. The first-order valence-corrected chi connectivity index (χ1v) is 11.0. The van der Waals surface area contributed by atoms with Gasteiger partial charge in [-0.15, -0.1) is 0 Å². The van der Waals surface area contributed by atoms with Crippen molar-refractivity contribution in [1.29, 1.82) is 0 Å². The van der Waals surface area contributed by atoms with E-state index in [-0.39, 0.29) is 17.7 Å². The first-order valence-electron chi connectivity index (χ1n) is 11.0. The second kappa shape index (κ2) is 7.38. The number of para-hydroxylation sites is 1. The minimum Gasteiger partial charge on any atom is -0.335 e. The SMILES string of the molecule is Cc1ccccc1N1C(=O)c2ccc(C(=O)N3CCC[C@H]4CCCC[C@H]43)cc2C1=O. The molecule has 0 unspecified atom stereocenters. The van der Waals surface area contributed by atoms with Crippen LogP contribution in [-0.4, -0.2) is 35.2 Å². The molecule has 0 bridgehead atoms. The fourth-order valence-corrected chi connectivity index (χ4v) is 5.45. The van der Waals surface area contributed by atoms with Gasteiger partial charge in [-0.3, -0.25) is 14.4 Å². The molecule has 0 aromatic heterocycles. The molecule has 3 aliphatic rings. The number of hydrogen-bond donors (Lipinski definition) is 0. The number of imide groups is 1. The van der Waals surface area contributed by atoms with Gasteiger partial charge in [0.1, 0.15) is 0 Å². The molecule has 0 radical (unpaired) electrons. The van der Waals surface area contributed by atoms with E-state index in [0.29, 0.717) is 34.3 Å². The first-order chi connectivity index (χ1) is 14.6. The molecule has 2 aromatic carbocycles. The summed E-state index contributed by atoms with van der Waals surface area (Å²) >= 11 is 0. The van der Waals surface area contributed by atoms with Crippen LogP contribution in [0.3, 0.4) is 0 Å². The summed E-state index contributed by atoms with van der Waals surface area (Å²) in [5.41, 5.74) is 2.66. The minimum absolute atomic E-state index is 0.0102. The van der Waals surface area contributed by atoms with Gasteiger partial charge in [-0.1, -0.05) is 31.0 Å². The van der Waals surface area contributed by atoms with Gasteiger partial charge >= 0.3 is 0 Å². The number of aryl methyl sites for hydroxylation is 1. The highest BCUT2D eigenvalue weighted by Gasteiger charge is 2.39. The predicted molar refractivity (Wildman–Crippen MR) is 115 cm³/mol. The monoisotopic (exact) mass is 402 g/mol. The van der Waals surface area contributed by atoms with Crippen LogP contribution in [0.1, 0.15) is 75.2 Å². The van der Waals surface area contributed by atoms with Crippen molar-refractivity contribution in [2.45, 2.75) is 51.5 Å². The van der Waals surface area contributed by atoms with Gasteiger partial charge in [-0.2, -0.15) is 0 Å². The van der Waals surface area contributed by atoms with Crippen molar-refractivity contribution in [3.8, 4) is 0 Å². The van der Waals surface area contributed by atoms with Crippen molar-refractivity contribution >= 4 is 23.4 Å². The molecule has 2 atom stereocenters. The second-order valence-corrected chi connectivity index (χ2v) is 8.75. The van der Waals surface area contributed by atoms with Crippen molar-refractivity contribution < 1.29 is 14.4 Å². The van der Waals surface area contributed by atoms with Crippen LogP contribution < -0.4 is 4.90 Å². The van der Waals surface area contributed by atoms with Crippen molar-refractivity contribution in [2.24, 2.45) is 5.92 Å². The number of anilines is 1. The molecule has 30 heavy (non-hydrogen) atoms. The van der Waals surface area contributed by atoms with Gasteiger partial charge in [0.05, 0.1) is 16.8 Å². The molecule has 1 saturated heterocycles. The molecule has 2 aromatic rings.